The molecule has 1 saturated heterocycles. The van der Waals surface area contributed by atoms with Crippen LogP contribution in [0.2, 0.25) is 0 Å². The molecule has 1 atom stereocenters. The molecule has 112 valence electrons. The second-order valence-electron chi connectivity index (χ2n) is 5.33. The average Bonchev–Trinajstić information content (AvgIpc) is 2.88. The van der Waals surface area contributed by atoms with Crippen LogP contribution in [0.15, 0.2) is 22.7 Å². The normalized spacial score (nSPS) is 18.8. The summed E-state index contributed by atoms with van der Waals surface area (Å²) in [4.78, 5) is 16.6. The summed E-state index contributed by atoms with van der Waals surface area (Å²) in [5, 5.41) is 7.44. The van der Waals surface area contributed by atoms with E-state index in [0.29, 0.717) is 12.8 Å². The molecule has 2 aromatic rings. The van der Waals surface area contributed by atoms with Gasteiger partial charge in [-0.3, -0.25) is 4.79 Å². The Kier molecular flexibility index (Phi) is 4.87. The molecule has 0 saturated carbocycles. The molecule has 1 aromatic heterocycles. The maximum atomic E-state index is 12.0. The number of nitrogens with zero attached hydrogens (tertiary/aromatic N) is 1. The Morgan fingerprint density at radius 2 is 2.43 bits per heavy atom. The van der Waals surface area contributed by atoms with E-state index in [2.05, 4.69) is 37.6 Å². The third-order valence-electron chi connectivity index (χ3n) is 3.62. The Balaban J connectivity index is 1.54. The lowest BCUT2D eigenvalue weighted by molar-refractivity contribution is -0.121. The number of carbonyl (C=O) groups excluding carboxylic acids is 1. The van der Waals surface area contributed by atoms with E-state index in [0.717, 1.165) is 40.9 Å². The first-order chi connectivity index (χ1) is 10.2. The molecular weight excluding hydrogens is 350 g/mol. The quantitative estimate of drug-likeness (QED) is 0.873. The van der Waals surface area contributed by atoms with Gasteiger partial charge in [-0.25, -0.2) is 4.98 Å². The van der Waals surface area contributed by atoms with Gasteiger partial charge in [0, 0.05) is 29.9 Å². The number of nitrogens with one attached hydrogen (secondary N) is 2. The van der Waals surface area contributed by atoms with E-state index >= 15 is 0 Å². The van der Waals surface area contributed by atoms with Crippen LogP contribution in [0.1, 0.15) is 24.3 Å². The van der Waals surface area contributed by atoms with Crippen molar-refractivity contribution in [3.05, 3.63) is 27.7 Å². The standard InChI is InChI=1S/C15H18BrN3OS/c16-10-3-4-13-12(8-10)19-15(21-13)6-5-14(20)18-11-2-1-7-17-9-11/h3-4,8,11,17H,1-2,5-7,9H2,(H,18,20)/t11-/m0/s1. The van der Waals surface area contributed by atoms with E-state index in [9.17, 15) is 4.79 Å². The molecule has 1 fully saturated rings. The van der Waals surface area contributed by atoms with Gasteiger partial charge >= 0.3 is 0 Å². The molecule has 1 aliphatic heterocycles. The van der Waals surface area contributed by atoms with Gasteiger partial charge in [0.1, 0.15) is 0 Å². The van der Waals surface area contributed by atoms with Crippen molar-refractivity contribution < 1.29 is 4.79 Å². The number of aromatic nitrogens is 1. The van der Waals surface area contributed by atoms with Crippen molar-refractivity contribution >= 4 is 43.4 Å². The Morgan fingerprint density at radius 1 is 1.52 bits per heavy atom. The Hall–Kier alpha value is -0.980. The molecule has 21 heavy (non-hydrogen) atoms. The smallest absolute Gasteiger partial charge is 0.220 e. The van der Waals surface area contributed by atoms with Gasteiger partial charge in [-0.2, -0.15) is 0 Å². The zero-order valence-electron chi connectivity index (χ0n) is 11.7. The number of benzene rings is 1. The summed E-state index contributed by atoms with van der Waals surface area (Å²) in [6, 6.07) is 6.39. The van der Waals surface area contributed by atoms with Gasteiger partial charge in [0.2, 0.25) is 5.91 Å². The van der Waals surface area contributed by atoms with E-state index < -0.39 is 0 Å². The fourth-order valence-corrected chi connectivity index (χ4v) is 3.85. The number of amides is 1. The number of piperidine rings is 1. The molecule has 1 amide bonds. The first-order valence-electron chi connectivity index (χ1n) is 7.26. The lowest BCUT2D eigenvalue weighted by Gasteiger charge is -2.23. The van der Waals surface area contributed by atoms with Gasteiger partial charge in [0.25, 0.3) is 0 Å². The van der Waals surface area contributed by atoms with Crippen molar-refractivity contribution in [3.63, 3.8) is 0 Å². The topological polar surface area (TPSA) is 54.0 Å². The summed E-state index contributed by atoms with van der Waals surface area (Å²) >= 11 is 5.12. The molecule has 0 aliphatic carbocycles. The summed E-state index contributed by atoms with van der Waals surface area (Å²) < 4.78 is 2.21. The fraction of sp³-hybridized carbons (Fsp3) is 0.467. The molecule has 0 unspecified atom stereocenters. The van der Waals surface area contributed by atoms with Crippen LogP contribution in [0.4, 0.5) is 0 Å². The zero-order valence-corrected chi connectivity index (χ0v) is 14.1. The molecule has 1 aliphatic rings. The first kappa shape index (κ1) is 14.9. The van der Waals surface area contributed by atoms with Crippen molar-refractivity contribution in [1.82, 2.24) is 15.6 Å². The average molecular weight is 368 g/mol. The third-order valence-corrected chi connectivity index (χ3v) is 5.21. The molecule has 2 heterocycles. The summed E-state index contributed by atoms with van der Waals surface area (Å²) in [6.07, 6.45) is 3.44. The maximum absolute atomic E-state index is 12.0. The minimum atomic E-state index is 0.129. The second-order valence-corrected chi connectivity index (χ2v) is 7.36. The summed E-state index contributed by atoms with van der Waals surface area (Å²) in [5.41, 5.74) is 1.00. The van der Waals surface area contributed by atoms with Crippen molar-refractivity contribution in [2.45, 2.75) is 31.7 Å². The number of carbonyl (C=O) groups is 1. The first-order valence-corrected chi connectivity index (χ1v) is 8.87. The number of halogens is 1. The molecular formula is C15H18BrN3OS. The predicted octanol–water partition coefficient (Wildman–Crippen LogP) is 2.86. The second kappa shape index (κ2) is 6.85. The maximum Gasteiger partial charge on any atom is 0.220 e. The number of aryl methyl sites for hydroxylation is 1. The Labute approximate surface area is 136 Å². The highest BCUT2D eigenvalue weighted by Gasteiger charge is 2.15. The van der Waals surface area contributed by atoms with Crippen LogP contribution in [0.5, 0.6) is 0 Å². The molecule has 0 bridgehead atoms. The van der Waals surface area contributed by atoms with E-state index in [4.69, 9.17) is 0 Å². The molecule has 4 nitrogen and oxygen atoms in total. The van der Waals surface area contributed by atoms with Crippen molar-refractivity contribution in [3.8, 4) is 0 Å². The van der Waals surface area contributed by atoms with Crippen LogP contribution in [0, 0.1) is 0 Å². The molecule has 0 radical (unpaired) electrons. The SMILES string of the molecule is O=C(CCc1nc2cc(Br)ccc2s1)N[C@H]1CCCNC1. The predicted molar refractivity (Wildman–Crippen MR) is 89.7 cm³/mol. The van der Waals surface area contributed by atoms with Gasteiger partial charge in [-0.05, 0) is 37.6 Å². The van der Waals surface area contributed by atoms with Crippen LogP contribution in [-0.4, -0.2) is 30.0 Å². The van der Waals surface area contributed by atoms with E-state index in [1.165, 1.54) is 4.70 Å². The minimum absolute atomic E-state index is 0.129. The van der Waals surface area contributed by atoms with Gasteiger partial charge in [-0.15, -0.1) is 11.3 Å². The number of fused-ring (bicyclic) bond motifs is 1. The number of hydrogen-bond acceptors (Lipinski definition) is 4. The molecule has 0 spiro atoms. The van der Waals surface area contributed by atoms with Crippen molar-refractivity contribution in [2.24, 2.45) is 0 Å². The van der Waals surface area contributed by atoms with Gasteiger partial charge in [0.15, 0.2) is 0 Å². The van der Waals surface area contributed by atoms with Crippen LogP contribution < -0.4 is 10.6 Å². The zero-order chi connectivity index (χ0) is 14.7. The van der Waals surface area contributed by atoms with Crippen LogP contribution in [-0.2, 0) is 11.2 Å². The fourth-order valence-electron chi connectivity index (χ4n) is 2.55. The highest BCUT2D eigenvalue weighted by atomic mass is 79.9. The van der Waals surface area contributed by atoms with E-state index in [-0.39, 0.29) is 11.9 Å². The van der Waals surface area contributed by atoms with Gasteiger partial charge in [0.05, 0.1) is 15.2 Å². The monoisotopic (exact) mass is 367 g/mol. The Morgan fingerprint density at radius 3 is 3.24 bits per heavy atom. The van der Waals surface area contributed by atoms with E-state index in [1.54, 1.807) is 11.3 Å². The van der Waals surface area contributed by atoms with Crippen molar-refractivity contribution in [1.29, 1.82) is 0 Å². The van der Waals surface area contributed by atoms with Gasteiger partial charge in [-0.1, -0.05) is 15.9 Å². The summed E-state index contributed by atoms with van der Waals surface area (Å²) in [6.45, 7) is 1.95. The lowest BCUT2D eigenvalue weighted by Crippen LogP contribution is -2.45. The molecule has 3 rings (SSSR count). The van der Waals surface area contributed by atoms with Crippen LogP contribution >= 0.6 is 27.3 Å². The largest absolute Gasteiger partial charge is 0.352 e. The summed E-state index contributed by atoms with van der Waals surface area (Å²) in [7, 11) is 0. The van der Waals surface area contributed by atoms with Crippen LogP contribution in [0.25, 0.3) is 10.2 Å². The number of thiazole rings is 1. The van der Waals surface area contributed by atoms with Crippen LogP contribution in [0.3, 0.4) is 0 Å². The van der Waals surface area contributed by atoms with E-state index in [1.807, 2.05) is 12.1 Å². The Bertz CT molecular complexity index is 637. The van der Waals surface area contributed by atoms with Crippen molar-refractivity contribution in [2.75, 3.05) is 13.1 Å². The lowest BCUT2D eigenvalue weighted by atomic mass is 10.1. The van der Waals surface area contributed by atoms with Gasteiger partial charge < -0.3 is 10.6 Å². The molecule has 2 N–H and O–H groups in total. The highest BCUT2D eigenvalue weighted by Crippen LogP contribution is 2.25. The third kappa shape index (κ3) is 4.02. The number of hydrogen-bond donors (Lipinski definition) is 2. The molecule has 6 heteroatoms. The number of rotatable bonds is 4. The minimum Gasteiger partial charge on any atom is -0.352 e. The summed E-state index contributed by atoms with van der Waals surface area (Å²) in [5.74, 6) is 0.129. The highest BCUT2D eigenvalue weighted by molar-refractivity contribution is 9.10. The molecule has 1 aromatic carbocycles.